The van der Waals surface area contributed by atoms with Crippen molar-refractivity contribution in [1.82, 2.24) is 4.90 Å². The third kappa shape index (κ3) is 6.55. The van der Waals surface area contributed by atoms with Crippen LogP contribution in [0.25, 0.3) is 0 Å². The number of carbonyl (C=O) groups is 1. The van der Waals surface area contributed by atoms with E-state index in [1.54, 1.807) is 57.2 Å². The molecule has 2 aromatic rings. The maximum atomic E-state index is 14.2. The van der Waals surface area contributed by atoms with Gasteiger partial charge in [0, 0.05) is 12.5 Å². The molecule has 1 aliphatic rings. The van der Waals surface area contributed by atoms with Gasteiger partial charge in [-0.05, 0) is 69.0 Å². The predicted octanol–water partition coefficient (Wildman–Crippen LogP) is 4.57. The fourth-order valence-corrected chi connectivity index (χ4v) is 4.90. The minimum absolute atomic E-state index is 0.381. The molecule has 0 unspecified atom stereocenters. The lowest BCUT2D eigenvalue weighted by molar-refractivity contribution is 0.00791. The van der Waals surface area contributed by atoms with Crippen LogP contribution < -0.4 is 0 Å². The molecule has 0 N–H and O–H groups in total. The fourth-order valence-electron chi connectivity index (χ4n) is 4.26. The highest BCUT2D eigenvalue weighted by Gasteiger charge is 2.43. The van der Waals surface area contributed by atoms with Crippen LogP contribution in [0.15, 0.2) is 48.5 Å². The van der Waals surface area contributed by atoms with Crippen LogP contribution in [0.4, 0.5) is 9.18 Å². The summed E-state index contributed by atoms with van der Waals surface area (Å²) < 4.78 is 50.2. The first kappa shape index (κ1) is 25.7. The third-order valence-corrected chi connectivity index (χ3v) is 6.10. The Balaban J connectivity index is 2.13. The van der Waals surface area contributed by atoms with Crippen LogP contribution in [0.5, 0.6) is 0 Å². The molecule has 1 heterocycles. The summed E-state index contributed by atoms with van der Waals surface area (Å²) >= 11 is 0. The first-order valence-corrected chi connectivity index (χ1v) is 12.8. The van der Waals surface area contributed by atoms with Crippen LogP contribution in [0.3, 0.4) is 0 Å². The second-order valence-corrected chi connectivity index (χ2v) is 11.0. The highest BCUT2D eigenvalue weighted by molar-refractivity contribution is 7.86. The van der Waals surface area contributed by atoms with Crippen molar-refractivity contribution in [3.63, 3.8) is 0 Å². The third-order valence-electron chi connectivity index (χ3n) is 5.53. The van der Waals surface area contributed by atoms with E-state index in [0.717, 1.165) is 6.26 Å². The molecule has 0 radical (unpaired) electrons. The molecule has 3 atom stereocenters. The van der Waals surface area contributed by atoms with Gasteiger partial charge in [0.1, 0.15) is 17.5 Å². The lowest BCUT2D eigenvalue weighted by Crippen LogP contribution is -2.48. The molecule has 0 saturated carbocycles. The van der Waals surface area contributed by atoms with E-state index in [1.807, 2.05) is 0 Å². The molecule has 7 nitrogen and oxygen atoms in total. The molecule has 34 heavy (non-hydrogen) atoms. The fraction of sp³-hybridized carbons (Fsp3) is 0.440. The number of nitriles is 1. The van der Waals surface area contributed by atoms with Crippen molar-refractivity contribution in [1.29, 1.82) is 5.26 Å². The summed E-state index contributed by atoms with van der Waals surface area (Å²) in [6, 6.07) is 13.9. The Morgan fingerprint density at radius 2 is 1.85 bits per heavy atom. The van der Waals surface area contributed by atoms with Gasteiger partial charge in [-0.15, -0.1) is 0 Å². The normalized spacial score (nSPS) is 18.2. The van der Waals surface area contributed by atoms with Gasteiger partial charge in [-0.2, -0.15) is 13.7 Å². The van der Waals surface area contributed by atoms with E-state index in [-0.39, 0.29) is 0 Å². The van der Waals surface area contributed by atoms with E-state index in [4.69, 9.17) is 8.92 Å². The summed E-state index contributed by atoms with van der Waals surface area (Å²) in [5.74, 6) is -1.21. The van der Waals surface area contributed by atoms with Crippen molar-refractivity contribution in [2.45, 2.75) is 57.3 Å². The average molecular weight is 489 g/mol. The van der Waals surface area contributed by atoms with Gasteiger partial charge >= 0.3 is 6.09 Å². The lowest BCUT2D eigenvalue weighted by Gasteiger charge is -2.36. The van der Waals surface area contributed by atoms with Crippen molar-refractivity contribution in [3.8, 4) is 6.07 Å². The molecule has 0 aliphatic carbocycles. The largest absolute Gasteiger partial charge is 0.444 e. The van der Waals surface area contributed by atoms with Gasteiger partial charge < -0.3 is 9.64 Å². The number of ether oxygens (including phenoxy) is 1. The maximum Gasteiger partial charge on any atom is 0.410 e. The average Bonchev–Trinajstić information content (AvgIpc) is 3.22. The number of rotatable bonds is 6. The standard InChI is InChI=1S/C25H29FN2O5S/c1-25(2,3)32-24(29)28-14-6-9-21(28)23(33-34(4,30)31)22(19-7-5-8-20(26)15-19)18-12-10-17(16-27)11-13-18/h5,7-8,10-13,15,21-23H,6,9,14H2,1-4H3/t21-,22-,23+/m1/s1. The Morgan fingerprint density at radius 3 is 2.41 bits per heavy atom. The molecule has 0 bridgehead atoms. The van der Waals surface area contributed by atoms with Gasteiger partial charge in [0.2, 0.25) is 0 Å². The molecule has 9 heteroatoms. The Hall–Kier alpha value is -2.96. The first-order valence-electron chi connectivity index (χ1n) is 11.0. The molecule has 1 amide bonds. The number of nitrogens with zero attached hydrogens (tertiary/aromatic N) is 2. The summed E-state index contributed by atoms with van der Waals surface area (Å²) in [6.07, 6.45) is 0.474. The molecule has 3 rings (SSSR count). The van der Waals surface area contributed by atoms with E-state index in [0.29, 0.717) is 36.1 Å². The molecular weight excluding hydrogens is 459 g/mol. The van der Waals surface area contributed by atoms with Crippen molar-refractivity contribution >= 4 is 16.2 Å². The summed E-state index contributed by atoms with van der Waals surface area (Å²) in [7, 11) is -3.95. The second kappa shape index (κ2) is 10.1. The van der Waals surface area contributed by atoms with Crippen LogP contribution in [-0.2, 0) is 19.0 Å². The minimum Gasteiger partial charge on any atom is -0.444 e. The molecule has 2 aromatic carbocycles. The van der Waals surface area contributed by atoms with Gasteiger partial charge in [-0.3, -0.25) is 4.18 Å². The lowest BCUT2D eigenvalue weighted by atomic mass is 9.82. The zero-order valence-electron chi connectivity index (χ0n) is 19.7. The topological polar surface area (TPSA) is 96.7 Å². The highest BCUT2D eigenvalue weighted by atomic mass is 32.2. The van der Waals surface area contributed by atoms with E-state index in [1.165, 1.54) is 17.0 Å². The van der Waals surface area contributed by atoms with Gasteiger partial charge in [0.15, 0.2) is 0 Å². The SMILES string of the molecule is CC(C)(C)OC(=O)N1CCC[C@@H]1[C@H](OS(C)(=O)=O)[C@H](c1ccc(C#N)cc1)c1cccc(F)c1. The predicted molar refractivity (Wildman–Crippen MR) is 125 cm³/mol. The maximum absolute atomic E-state index is 14.2. The Morgan fingerprint density at radius 1 is 1.18 bits per heavy atom. The van der Waals surface area contributed by atoms with E-state index < -0.39 is 45.7 Å². The highest BCUT2D eigenvalue weighted by Crippen LogP contribution is 2.38. The molecule has 0 spiro atoms. The van der Waals surface area contributed by atoms with Gasteiger partial charge in [-0.25, -0.2) is 9.18 Å². The molecule has 0 aromatic heterocycles. The summed E-state index contributed by atoms with van der Waals surface area (Å²) in [6.45, 7) is 5.65. The first-order chi connectivity index (χ1) is 15.9. The van der Waals surface area contributed by atoms with Crippen LogP contribution >= 0.6 is 0 Å². The van der Waals surface area contributed by atoms with Crippen LogP contribution in [0, 0.1) is 17.1 Å². The Labute approximate surface area is 200 Å². The molecule has 182 valence electrons. The zero-order valence-corrected chi connectivity index (χ0v) is 20.5. The molecule has 1 aliphatic heterocycles. The zero-order chi connectivity index (χ0) is 25.1. The number of hydrogen-bond donors (Lipinski definition) is 0. The van der Waals surface area contributed by atoms with Crippen molar-refractivity contribution in [2.75, 3.05) is 12.8 Å². The smallest absolute Gasteiger partial charge is 0.410 e. The molecule has 1 fully saturated rings. The van der Waals surface area contributed by atoms with E-state index in [9.17, 15) is 22.9 Å². The summed E-state index contributed by atoms with van der Waals surface area (Å²) in [5.41, 5.74) is 0.828. The van der Waals surface area contributed by atoms with Gasteiger partial charge in [0.25, 0.3) is 10.1 Å². The monoisotopic (exact) mass is 488 g/mol. The van der Waals surface area contributed by atoms with Crippen LogP contribution in [-0.4, -0.2) is 50.0 Å². The van der Waals surface area contributed by atoms with Crippen molar-refractivity contribution in [2.24, 2.45) is 0 Å². The van der Waals surface area contributed by atoms with E-state index >= 15 is 0 Å². The minimum atomic E-state index is -3.95. The number of hydrogen-bond acceptors (Lipinski definition) is 6. The molecular formula is C25H29FN2O5S. The van der Waals surface area contributed by atoms with Crippen molar-refractivity contribution in [3.05, 3.63) is 71.0 Å². The van der Waals surface area contributed by atoms with Gasteiger partial charge in [0.05, 0.1) is 23.9 Å². The van der Waals surface area contributed by atoms with E-state index in [2.05, 4.69) is 6.07 Å². The quantitative estimate of drug-likeness (QED) is 0.553. The summed E-state index contributed by atoms with van der Waals surface area (Å²) in [5, 5.41) is 9.18. The molecule has 1 saturated heterocycles. The van der Waals surface area contributed by atoms with Gasteiger partial charge in [-0.1, -0.05) is 24.3 Å². The number of carbonyl (C=O) groups excluding carboxylic acids is 1. The number of amides is 1. The number of benzene rings is 2. The Kier molecular flexibility index (Phi) is 7.64. The number of likely N-dealkylation sites (tertiary alicyclic amines) is 1. The number of halogens is 1. The van der Waals surface area contributed by atoms with Crippen molar-refractivity contribution < 1.29 is 26.5 Å². The van der Waals surface area contributed by atoms with Crippen LogP contribution in [0.1, 0.15) is 56.2 Å². The Bertz CT molecular complexity index is 1170. The second-order valence-electron chi connectivity index (χ2n) is 9.41. The van der Waals surface area contributed by atoms with Crippen LogP contribution in [0.2, 0.25) is 0 Å². The summed E-state index contributed by atoms with van der Waals surface area (Å²) in [4.78, 5) is 14.5.